The fraction of sp³-hybridized carbons (Fsp3) is 0.833. The van der Waals surface area contributed by atoms with Gasteiger partial charge < -0.3 is 21.3 Å². The van der Waals surface area contributed by atoms with Crippen LogP contribution in [0.25, 0.3) is 0 Å². The fourth-order valence-corrected chi connectivity index (χ4v) is 0.404. The quantitative estimate of drug-likeness (QED) is 0.444. The van der Waals surface area contributed by atoms with Gasteiger partial charge in [0.2, 0.25) is 0 Å². The summed E-state index contributed by atoms with van der Waals surface area (Å²) in [4.78, 5) is 8.56. The summed E-state index contributed by atoms with van der Waals surface area (Å²) in [6, 6.07) is 0. The van der Waals surface area contributed by atoms with Gasteiger partial charge in [-0.2, -0.15) is 0 Å². The Labute approximate surface area is 66.2 Å². The lowest BCUT2D eigenvalue weighted by Crippen LogP contribution is -2.22. The van der Waals surface area contributed by atoms with E-state index >= 15 is 0 Å². The van der Waals surface area contributed by atoms with E-state index in [2.05, 4.69) is 12.2 Å². The van der Waals surface area contributed by atoms with Crippen LogP contribution in [-0.2, 0) is 0 Å². The summed E-state index contributed by atoms with van der Waals surface area (Å²) in [7, 11) is 0. The third-order valence-corrected chi connectivity index (χ3v) is 0.748. The van der Waals surface area contributed by atoms with E-state index in [1.807, 2.05) is 0 Å². The van der Waals surface area contributed by atoms with Crippen LogP contribution >= 0.6 is 0 Å². The van der Waals surface area contributed by atoms with Crippen molar-refractivity contribution in [2.75, 3.05) is 19.6 Å². The molecule has 0 amide bonds. The molecule has 0 unspecified atom stereocenters. The van der Waals surface area contributed by atoms with Crippen LogP contribution < -0.4 is 11.1 Å². The maximum atomic E-state index is 8.56. The van der Waals surface area contributed by atoms with Crippen LogP contribution in [0.3, 0.4) is 0 Å². The highest BCUT2D eigenvalue weighted by atomic mass is 16.6. The molecule has 0 aromatic carbocycles. The van der Waals surface area contributed by atoms with Gasteiger partial charge in [-0.25, -0.2) is 4.79 Å². The Morgan fingerprint density at radius 3 is 2.18 bits per heavy atom. The van der Waals surface area contributed by atoms with Crippen LogP contribution in [0.5, 0.6) is 0 Å². The Morgan fingerprint density at radius 2 is 1.91 bits per heavy atom. The number of rotatable bonds is 4. The van der Waals surface area contributed by atoms with Gasteiger partial charge in [-0.1, -0.05) is 6.92 Å². The second-order valence-corrected chi connectivity index (χ2v) is 1.82. The second-order valence-electron chi connectivity index (χ2n) is 1.82. The maximum Gasteiger partial charge on any atom is 0.503 e. The van der Waals surface area contributed by atoms with Crippen molar-refractivity contribution in [3.05, 3.63) is 0 Å². The van der Waals surface area contributed by atoms with Crippen LogP contribution in [0.1, 0.15) is 13.3 Å². The largest absolute Gasteiger partial charge is 0.503 e. The number of nitrogens with two attached hydrogens (primary N) is 1. The molecule has 0 aliphatic carbocycles. The molecule has 0 aromatic heterocycles. The highest BCUT2D eigenvalue weighted by Gasteiger charge is 1.76. The first kappa shape index (κ1) is 12.8. The number of hydrogen-bond donors (Lipinski definition) is 4. The van der Waals surface area contributed by atoms with Crippen LogP contribution in [0, 0.1) is 0 Å². The molecule has 0 saturated heterocycles. The molecule has 5 N–H and O–H groups in total. The first-order valence-corrected chi connectivity index (χ1v) is 3.47. The molecule has 5 nitrogen and oxygen atoms in total. The van der Waals surface area contributed by atoms with Gasteiger partial charge in [0.1, 0.15) is 0 Å². The average molecular weight is 164 g/mol. The smallest absolute Gasteiger partial charge is 0.450 e. The molecule has 0 rings (SSSR count). The summed E-state index contributed by atoms with van der Waals surface area (Å²) < 4.78 is 0. The highest BCUT2D eigenvalue weighted by Crippen LogP contribution is 1.65. The van der Waals surface area contributed by atoms with Gasteiger partial charge in [0, 0.05) is 13.1 Å². The van der Waals surface area contributed by atoms with Gasteiger partial charge in [-0.05, 0) is 13.0 Å². The monoisotopic (exact) mass is 164 g/mol. The van der Waals surface area contributed by atoms with E-state index < -0.39 is 6.16 Å². The second kappa shape index (κ2) is 11.9. The van der Waals surface area contributed by atoms with Crippen molar-refractivity contribution in [1.29, 1.82) is 0 Å². The number of hydrogen-bond acceptors (Lipinski definition) is 3. The average Bonchev–Trinajstić information content (AvgIpc) is 1.88. The third-order valence-electron chi connectivity index (χ3n) is 0.748. The first-order chi connectivity index (χ1) is 5.15. The Hall–Kier alpha value is -0.810. The molecule has 0 aliphatic heterocycles. The summed E-state index contributed by atoms with van der Waals surface area (Å²) >= 11 is 0. The molecule has 5 heteroatoms. The predicted molar refractivity (Wildman–Crippen MR) is 42.9 cm³/mol. The van der Waals surface area contributed by atoms with E-state index in [1.54, 1.807) is 0 Å². The van der Waals surface area contributed by atoms with Crippen molar-refractivity contribution in [3.8, 4) is 0 Å². The van der Waals surface area contributed by atoms with Crippen LogP contribution in [0.2, 0.25) is 0 Å². The Balaban J connectivity index is 0. The fourth-order valence-electron chi connectivity index (χ4n) is 0.404. The zero-order valence-electron chi connectivity index (χ0n) is 6.71. The molecule has 0 aromatic rings. The standard InChI is InChI=1S/C5H14N2.CH2O3/c1-2-4-7-5-3-6;2-1(3)4/h7H,2-6H2,1H3;(H2,2,3,4). The molecule has 0 fully saturated rings. The molecule has 0 radical (unpaired) electrons. The first-order valence-electron chi connectivity index (χ1n) is 3.47. The molecule has 0 spiro atoms. The lowest BCUT2D eigenvalue weighted by Gasteiger charge is -1.95. The molecule has 68 valence electrons. The van der Waals surface area contributed by atoms with E-state index in [0.717, 1.165) is 19.6 Å². The maximum absolute atomic E-state index is 8.56. The van der Waals surface area contributed by atoms with Crippen LogP contribution in [-0.4, -0.2) is 36.0 Å². The Bertz CT molecular complexity index is 79.9. The van der Waals surface area contributed by atoms with Crippen molar-refractivity contribution in [2.24, 2.45) is 5.73 Å². The molecule has 0 aliphatic rings. The minimum Gasteiger partial charge on any atom is -0.450 e. The molecular formula is C6H16N2O3. The highest BCUT2D eigenvalue weighted by molar-refractivity contribution is 5.53. The van der Waals surface area contributed by atoms with E-state index in [4.69, 9.17) is 20.7 Å². The van der Waals surface area contributed by atoms with E-state index in [0.29, 0.717) is 0 Å². The number of carboxylic acid groups (broad SMARTS) is 2. The lowest BCUT2D eigenvalue weighted by molar-refractivity contribution is 0.137. The molecule has 0 saturated carbocycles. The van der Waals surface area contributed by atoms with E-state index in [9.17, 15) is 0 Å². The van der Waals surface area contributed by atoms with Gasteiger partial charge in [0.25, 0.3) is 0 Å². The van der Waals surface area contributed by atoms with Crippen molar-refractivity contribution < 1.29 is 15.0 Å². The van der Waals surface area contributed by atoms with E-state index in [1.165, 1.54) is 6.42 Å². The van der Waals surface area contributed by atoms with E-state index in [-0.39, 0.29) is 0 Å². The normalized spacial score (nSPS) is 8.18. The molecule has 0 bridgehead atoms. The molecular weight excluding hydrogens is 148 g/mol. The van der Waals surface area contributed by atoms with Crippen LogP contribution in [0.4, 0.5) is 4.79 Å². The summed E-state index contributed by atoms with van der Waals surface area (Å²) in [6.07, 6.45) is -0.639. The summed E-state index contributed by atoms with van der Waals surface area (Å²) in [5, 5.41) is 17.1. The van der Waals surface area contributed by atoms with Gasteiger partial charge >= 0.3 is 6.16 Å². The third kappa shape index (κ3) is 46.7. The number of carbonyl (C=O) groups is 1. The Kier molecular flexibility index (Phi) is 13.9. The minimum atomic E-state index is -1.83. The summed E-state index contributed by atoms with van der Waals surface area (Å²) in [6.45, 7) is 4.94. The van der Waals surface area contributed by atoms with Crippen molar-refractivity contribution in [1.82, 2.24) is 5.32 Å². The zero-order valence-corrected chi connectivity index (χ0v) is 6.71. The van der Waals surface area contributed by atoms with Gasteiger partial charge in [-0.15, -0.1) is 0 Å². The van der Waals surface area contributed by atoms with Gasteiger partial charge in [0.05, 0.1) is 0 Å². The van der Waals surface area contributed by atoms with Crippen LogP contribution in [0.15, 0.2) is 0 Å². The zero-order chi connectivity index (χ0) is 9.11. The van der Waals surface area contributed by atoms with Crippen molar-refractivity contribution in [3.63, 3.8) is 0 Å². The summed E-state index contributed by atoms with van der Waals surface area (Å²) in [5.41, 5.74) is 5.21. The molecule has 0 heterocycles. The predicted octanol–water partition coefficient (Wildman–Crippen LogP) is 0.167. The van der Waals surface area contributed by atoms with Crippen molar-refractivity contribution in [2.45, 2.75) is 13.3 Å². The summed E-state index contributed by atoms with van der Waals surface area (Å²) in [5.74, 6) is 0. The Morgan fingerprint density at radius 1 is 1.45 bits per heavy atom. The molecule has 11 heavy (non-hydrogen) atoms. The topological polar surface area (TPSA) is 95.6 Å². The van der Waals surface area contributed by atoms with Gasteiger partial charge in [-0.3, -0.25) is 0 Å². The molecule has 0 atom stereocenters. The lowest BCUT2D eigenvalue weighted by atomic mass is 10.5. The van der Waals surface area contributed by atoms with Crippen molar-refractivity contribution >= 4 is 6.16 Å². The van der Waals surface area contributed by atoms with Gasteiger partial charge in [0.15, 0.2) is 0 Å². The minimum absolute atomic E-state index is 0.750. The SMILES string of the molecule is CCCNCCN.O=C(O)O. The number of nitrogens with one attached hydrogen (secondary N) is 1.